The van der Waals surface area contributed by atoms with Gasteiger partial charge in [0.15, 0.2) is 0 Å². The molecule has 0 atom stereocenters. The van der Waals surface area contributed by atoms with Gasteiger partial charge >= 0.3 is 0 Å². The summed E-state index contributed by atoms with van der Waals surface area (Å²) in [4.78, 5) is 9.73. The molecule has 1 aromatic rings. The van der Waals surface area contributed by atoms with Crippen LogP contribution < -0.4 is 10.2 Å². The van der Waals surface area contributed by atoms with Gasteiger partial charge in [-0.1, -0.05) is 6.07 Å². The highest BCUT2D eigenvalue weighted by Crippen LogP contribution is 2.18. The minimum absolute atomic E-state index is 0.794. The molecular formula is C16H26N4. The minimum Gasteiger partial charge on any atom is -0.355 e. The lowest BCUT2D eigenvalue weighted by Crippen LogP contribution is -2.44. The van der Waals surface area contributed by atoms with Gasteiger partial charge in [-0.05, 0) is 50.9 Å². The van der Waals surface area contributed by atoms with Gasteiger partial charge in [0.05, 0.1) is 0 Å². The smallest absolute Gasteiger partial charge is 0.128 e. The van der Waals surface area contributed by atoms with Crippen LogP contribution in [0.25, 0.3) is 0 Å². The van der Waals surface area contributed by atoms with E-state index in [0.29, 0.717) is 0 Å². The Kier molecular flexibility index (Phi) is 4.53. The monoisotopic (exact) mass is 274 g/mol. The number of hydrogen-bond acceptors (Lipinski definition) is 4. The van der Waals surface area contributed by atoms with Crippen LogP contribution in [0.1, 0.15) is 24.8 Å². The SMILES string of the molecule is Cc1ccc(N2CCCN(C3CCNCC3)CC2)nc1. The van der Waals surface area contributed by atoms with Crippen LogP contribution >= 0.6 is 0 Å². The quantitative estimate of drug-likeness (QED) is 0.888. The van der Waals surface area contributed by atoms with Crippen LogP contribution in [-0.2, 0) is 0 Å². The van der Waals surface area contributed by atoms with E-state index in [0.717, 1.165) is 24.9 Å². The van der Waals surface area contributed by atoms with Gasteiger partial charge in [-0.2, -0.15) is 0 Å². The van der Waals surface area contributed by atoms with Gasteiger partial charge in [0.2, 0.25) is 0 Å². The molecule has 0 spiro atoms. The number of nitrogens with one attached hydrogen (secondary N) is 1. The predicted octanol–water partition coefficient (Wildman–Crippen LogP) is 1.65. The molecule has 3 rings (SSSR count). The highest BCUT2D eigenvalue weighted by Gasteiger charge is 2.23. The minimum atomic E-state index is 0.794. The van der Waals surface area contributed by atoms with E-state index >= 15 is 0 Å². The van der Waals surface area contributed by atoms with Gasteiger partial charge in [-0.25, -0.2) is 4.98 Å². The van der Waals surface area contributed by atoms with Crippen molar-refractivity contribution in [3.63, 3.8) is 0 Å². The molecule has 1 aromatic heterocycles. The number of rotatable bonds is 2. The third-order valence-corrected chi connectivity index (χ3v) is 4.58. The lowest BCUT2D eigenvalue weighted by atomic mass is 10.0. The van der Waals surface area contributed by atoms with Crippen molar-refractivity contribution < 1.29 is 0 Å². The van der Waals surface area contributed by atoms with Crippen LogP contribution in [0.3, 0.4) is 0 Å². The summed E-state index contributed by atoms with van der Waals surface area (Å²) in [6.07, 6.45) is 5.84. The summed E-state index contributed by atoms with van der Waals surface area (Å²) in [7, 11) is 0. The van der Waals surface area contributed by atoms with Crippen LogP contribution in [0.5, 0.6) is 0 Å². The molecule has 1 N–H and O–H groups in total. The van der Waals surface area contributed by atoms with Gasteiger partial charge in [0.1, 0.15) is 5.82 Å². The lowest BCUT2D eigenvalue weighted by Gasteiger charge is -2.33. The molecule has 2 saturated heterocycles. The zero-order valence-corrected chi connectivity index (χ0v) is 12.5. The van der Waals surface area contributed by atoms with Gasteiger partial charge in [0, 0.05) is 38.4 Å². The maximum atomic E-state index is 4.58. The second kappa shape index (κ2) is 6.55. The third kappa shape index (κ3) is 3.30. The number of aromatic nitrogens is 1. The topological polar surface area (TPSA) is 31.4 Å². The largest absolute Gasteiger partial charge is 0.355 e. The predicted molar refractivity (Wildman–Crippen MR) is 83.3 cm³/mol. The number of piperidine rings is 1. The molecule has 2 aliphatic heterocycles. The first-order valence-electron chi connectivity index (χ1n) is 7.95. The van der Waals surface area contributed by atoms with Crippen molar-refractivity contribution in [2.45, 2.75) is 32.2 Å². The summed E-state index contributed by atoms with van der Waals surface area (Å²) in [5, 5.41) is 3.46. The second-order valence-corrected chi connectivity index (χ2v) is 6.05. The molecule has 0 bridgehead atoms. The standard InChI is InChI=1S/C16H26N4/c1-14-3-4-16(18-13-14)20-10-2-9-19(11-12-20)15-5-7-17-8-6-15/h3-4,13,15,17H,2,5-12H2,1H3. The van der Waals surface area contributed by atoms with Gasteiger partial charge in [-0.3, -0.25) is 4.90 Å². The molecule has 0 aromatic carbocycles. The average Bonchev–Trinajstić information content (AvgIpc) is 2.75. The zero-order valence-electron chi connectivity index (χ0n) is 12.5. The van der Waals surface area contributed by atoms with E-state index in [1.165, 1.54) is 51.0 Å². The van der Waals surface area contributed by atoms with Crippen LogP contribution in [0.4, 0.5) is 5.82 Å². The Bertz CT molecular complexity index is 411. The molecule has 20 heavy (non-hydrogen) atoms. The summed E-state index contributed by atoms with van der Waals surface area (Å²) >= 11 is 0. The molecule has 4 heteroatoms. The first kappa shape index (κ1) is 13.8. The number of aryl methyl sites for hydroxylation is 1. The summed E-state index contributed by atoms with van der Waals surface area (Å²) in [5.41, 5.74) is 1.24. The van der Waals surface area contributed by atoms with E-state index < -0.39 is 0 Å². The first-order chi connectivity index (χ1) is 9.83. The van der Waals surface area contributed by atoms with Crippen molar-refractivity contribution >= 4 is 5.82 Å². The van der Waals surface area contributed by atoms with Crippen molar-refractivity contribution in [3.8, 4) is 0 Å². The molecule has 0 unspecified atom stereocenters. The molecular weight excluding hydrogens is 248 g/mol. The number of hydrogen-bond donors (Lipinski definition) is 1. The van der Waals surface area contributed by atoms with Gasteiger partial charge in [-0.15, -0.1) is 0 Å². The summed E-state index contributed by atoms with van der Waals surface area (Å²) in [6.45, 7) is 9.14. The van der Waals surface area contributed by atoms with E-state index in [9.17, 15) is 0 Å². The summed E-state index contributed by atoms with van der Waals surface area (Å²) in [6, 6.07) is 5.12. The Morgan fingerprint density at radius 1 is 1.10 bits per heavy atom. The Morgan fingerprint density at radius 2 is 1.95 bits per heavy atom. The molecule has 0 radical (unpaired) electrons. The van der Waals surface area contributed by atoms with Gasteiger partial charge < -0.3 is 10.2 Å². The lowest BCUT2D eigenvalue weighted by molar-refractivity contribution is 0.173. The van der Waals surface area contributed by atoms with Crippen molar-refractivity contribution in [2.24, 2.45) is 0 Å². The van der Waals surface area contributed by atoms with Gasteiger partial charge in [0.25, 0.3) is 0 Å². The molecule has 0 saturated carbocycles. The molecule has 2 aliphatic rings. The van der Waals surface area contributed by atoms with Crippen LogP contribution in [0.2, 0.25) is 0 Å². The van der Waals surface area contributed by atoms with E-state index in [2.05, 4.69) is 39.2 Å². The Morgan fingerprint density at radius 3 is 2.70 bits per heavy atom. The second-order valence-electron chi connectivity index (χ2n) is 6.05. The first-order valence-corrected chi connectivity index (χ1v) is 7.95. The fraction of sp³-hybridized carbons (Fsp3) is 0.688. The maximum Gasteiger partial charge on any atom is 0.128 e. The zero-order chi connectivity index (χ0) is 13.8. The Hall–Kier alpha value is -1.13. The molecule has 0 aliphatic carbocycles. The van der Waals surface area contributed by atoms with E-state index in [1.54, 1.807) is 0 Å². The van der Waals surface area contributed by atoms with Crippen molar-refractivity contribution in [2.75, 3.05) is 44.2 Å². The third-order valence-electron chi connectivity index (χ3n) is 4.58. The molecule has 2 fully saturated rings. The highest BCUT2D eigenvalue weighted by molar-refractivity contribution is 5.39. The molecule has 0 amide bonds. The van der Waals surface area contributed by atoms with Crippen LogP contribution in [0.15, 0.2) is 18.3 Å². The average molecular weight is 274 g/mol. The molecule has 110 valence electrons. The normalized spacial score (nSPS) is 22.8. The maximum absolute atomic E-state index is 4.58. The number of anilines is 1. The summed E-state index contributed by atoms with van der Waals surface area (Å²) < 4.78 is 0. The Balaban J connectivity index is 1.60. The fourth-order valence-electron chi connectivity index (χ4n) is 3.35. The molecule has 3 heterocycles. The van der Waals surface area contributed by atoms with Crippen molar-refractivity contribution in [1.82, 2.24) is 15.2 Å². The van der Waals surface area contributed by atoms with E-state index in [4.69, 9.17) is 0 Å². The van der Waals surface area contributed by atoms with Crippen LogP contribution in [0, 0.1) is 6.92 Å². The summed E-state index contributed by atoms with van der Waals surface area (Å²) in [5.74, 6) is 1.14. The number of pyridine rings is 1. The van der Waals surface area contributed by atoms with Crippen molar-refractivity contribution in [3.05, 3.63) is 23.9 Å². The Labute approximate surface area is 122 Å². The van der Waals surface area contributed by atoms with E-state index in [1.807, 2.05) is 6.20 Å². The van der Waals surface area contributed by atoms with Crippen LogP contribution in [-0.4, -0.2) is 55.2 Å². The highest BCUT2D eigenvalue weighted by atomic mass is 15.3. The van der Waals surface area contributed by atoms with E-state index in [-0.39, 0.29) is 0 Å². The number of nitrogens with zero attached hydrogens (tertiary/aromatic N) is 3. The fourth-order valence-corrected chi connectivity index (χ4v) is 3.35. The molecule has 4 nitrogen and oxygen atoms in total. The van der Waals surface area contributed by atoms with Crippen molar-refractivity contribution in [1.29, 1.82) is 0 Å².